The van der Waals surface area contributed by atoms with Crippen LogP contribution < -0.4 is 10.6 Å². The Morgan fingerprint density at radius 1 is 1.47 bits per heavy atom. The van der Waals surface area contributed by atoms with Crippen LogP contribution in [0, 0.1) is 25.7 Å². The second-order valence-corrected chi connectivity index (χ2v) is 5.76. The molecule has 2 aliphatic rings. The van der Waals surface area contributed by atoms with E-state index in [0.717, 1.165) is 23.6 Å². The number of nitrogens with zero attached hydrogens (tertiary/aromatic N) is 1. The second kappa shape index (κ2) is 4.96. The monoisotopic (exact) mass is 263 g/mol. The van der Waals surface area contributed by atoms with Gasteiger partial charge in [-0.3, -0.25) is 4.79 Å². The van der Waals surface area contributed by atoms with E-state index in [4.69, 9.17) is 4.52 Å². The summed E-state index contributed by atoms with van der Waals surface area (Å²) < 4.78 is 5.11. The standard InChI is InChI=1S/C14H21N3O2/c1-8-12(9(2)19-17-8)7-16-14(18)13-11-5-3-4-10(11)6-15-13/h10-11,13,15H,3-7H2,1-2H3,(H,16,18). The Balaban J connectivity index is 1.60. The molecule has 1 aromatic heterocycles. The molecule has 0 spiro atoms. The Kier molecular flexibility index (Phi) is 3.31. The zero-order chi connectivity index (χ0) is 13.4. The van der Waals surface area contributed by atoms with Crippen molar-refractivity contribution in [1.29, 1.82) is 0 Å². The van der Waals surface area contributed by atoms with Gasteiger partial charge in [-0.25, -0.2) is 0 Å². The maximum absolute atomic E-state index is 12.3. The lowest BCUT2D eigenvalue weighted by Crippen LogP contribution is -2.43. The van der Waals surface area contributed by atoms with E-state index < -0.39 is 0 Å². The average Bonchev–Trinajstić information content (AvgIpc) is 3.04. The third kappa shape index (κ3) is 2.27. The Bertz CT molecular complexity index is 464. The van der Waals surface area contributed by atoms with Gasteiger partial charge in [-0.2, -0.15) is 0 Å². The molecule has 1 amide bonds. The van der Waals surface area contributed by atoms with Crippen LogP contribution in [0.4, 0.5) is 0 Å². The predicted molar refractivity (Wildman–Crippen MR) is 70.4 cm³/mol. The number of carbonyl (C=O) groups is 1. The van der Waals surface area contributed by atoms with Crippen molar-refractivity contribution in [3.05, 3.63) is 17.0 Å². The first kappa shape index (κ1) is 12.7. The fourth-order valence-corrected chi connectivity index (χ4v) is 3.51. The van der Waals surface area contributed by atoms with E-state index in [1.165, 1.54) is 19.3 Å². The zero-order valence-corrected chi connectivity index (χ0v) is 11.5. The number of rotatable bonds is 3. The number of aromatic nitrogens is 1. The summed E-state index contributed by atoms with van der Waals surface area (Å²) in [5.41, 5.74) is 1.85. The lowest BCUT2D eigenvalue weighted by molar-refractivity contribution is -0.123. The molecule has 1 saturated heterocycles. The summed E-state index contributed by atoms with van der Waals surface area (Å²) in [5.74, 6) is 2.14. The fourth-order valence-electron chi connectivity index (χ4n) is 3.51. The highest BCUT2D eigenvalue weighted by Gasteiger charge is 2.42. The predicted octanol–water partition coefficient (Wildman–Crippen LogP) is 1.30. The van der Waals surface area contributed by atoms with Crippen molar-refractivity contribution in [3.63, 3.8) is 0 Å². The van der Waals surface area contributed by atoms with E-state index in [-0.39, 0.29) is 11.9 Å². The van der Waals surface area contributed by atoms with E-state index in [0.29, 0.717) is 18.4 Å². The molecule has 3 unspecified atom stereocenters. The molecule has 1 saturated carbocycles. The van der Waals surface area contributed by atoms with Gasteiger partial charge in [0.1, 0.15) is 5.76 Å². The van der Waals surface area contributed by atoms with Gasteiger partial charge in [0.05, 0.1) is 11.7 Å². The van der Waals surface area contributed by atoms with Gasteiger partial charge in [-0.15, -0.1) is 0 Å². The molecular formula is C14H21N3O2. The molecule has 19 heavy (non-hydrogen) atoms. The Labute approximate surface area is 113 Å². The fraction of sp³-hybridized carbons (Fsp3) is 0.714. The largest absolute Gasteiger partial charge is 0.361 e. The molecule has 5 heteroatoms. The number of hydrogen-bond acceptors (Lipinski definition) is 4. The molecule has 1 aromatic rings. The van der Waals surface area contributed by atoms with Crippen molar-refractivity contribution in [1.82, 2.24) is 15.8 Å². The lowest BCUT2D eigenvalue weighted by Gasteiger charge is -2.17. The van der Waals surface area contributed by atoms with Crippen LogP contribution in [0.1, 0.15) is 36.3 Å². The highest BCUT2D eigenvalue weighted by Crippen LogP contribution is 2.37. The highest BCUT2D eigenvalue weighted by molar-refractivity contribution is 5.82. The van der Waals surface area contributed by atoms with Crippen molar-refractivity contribution in [2.75, 3.05) is 6.54 Å². The summed E-state index contributed by atoms with van der Waals surface area (Å²) in [6, 6.07) is -0.00651. The maximum atomic E-state index is 12.3. The molecular weight excluding hydrogens is 242 g/mol. The number of carbonyl (C=O) groups excluding carboxylic acids is 1. The van der Waals surface area contributed by atoms with Crippen LogP contribution in [0.25, 0.3) is 0 Å². The number of aryl methyl sites for hydroxylation is 2. The summed E-state index contributed by atoms with van der Waals surface area (Å²) in [6.45, 7) is 5.28. The topological polar surface area (TPSA) is 67.2 Å². The third-order valence-corrected chi connectivity index (χ3v) is 4.65. The summed E-state index contributed by atoms with van der Waals surface area (Å²) in [4.78, 5) is 12.3. The van der Waals surface area contributed by atoms with Gasteiger partial charge in [0.2, 0.25) is 5.91 Å². The van der Waals surface area contributed by atoms with Crippen LogP contribution in [-0.4, -0.2) is 23.7 Å². The number of nitrogens with one attached hydrogen (secondary N) is 2. The van der Waals surface area contributed by atoms with Crippen LogP contribution in [0.5, 0.6) is 0 Å². The van der Waals surface area contributed by atoms with Crippen LogP contribution in [0.15, 0.2) is 4.52 Å². The smallest absolute Gasteiger partial charge is 0.237 e. The van der Waals surface area contributed by atoms with E-state index >= 15 is 0 Å². The van der Waals surface area contributed by atoms with Crippen molar-refractivity contribution in [2.45, 2.75) is 45.7 Å². The normalized spacial score (nSPS) is 29.5. The molecule has 0 radical (unpaired) electrons. The number of fused-ring (bicyclic) bond motifs is 1. The molecule has 2 fully saturated rings. The summed E-state index contributed by atoms with van der Waals surface area (Å²) >= 11 is 0. The third-order valence-electron chi connectivity index (χ3n) is 4.65. The molecule has 2 N–H and O–H groups in total. The van der Waals surface area contributed by atoms with E-state index in [9.17, 15) is 4.79 Å². The van der Waals surface area contributed by atoms with Crippen molar-refractivity contribution >= 4 is 5.91 Å². The molecule has 0 aromatic carbocycles. The van der Waals surface area contributed by atoms with Crippen molar-refractivity contribution < 1.29 is 9.32 Å². The molecule has 1 aliphatic carbocycles. The summed E-state index contributed by atoms with van der Waals surface area (Å²) in [5, 5.41) is 10.3. The van der Waals surface area contributed by atoms with Crippen LogP contribution >= 0.6 is 0 Å². The zero-order valence-electron chi connectivity index (χ0n) is 11.5. The van der Waals surface area contributed by atoms with Crippen molar-refractivity contribution in [3.8, 4) is 0 Å². The van der Waals surface area contributed by atoms with Gasteiger partial charge in [0.15, 0.2) is 0 Å². The first-order chi connectivity index (χ1) is 9.16. The first-order valence-corrected chi connectivity index (χ1v) is 7.09. The molecule has 3 rings (SSSR count). The average molecular weight is 263 g/mol. The first-order valence-electron chi connectivity index (χ1n) is 7.09. The minimum absolute atomic E-state index is 0.00651. The Hall–Kier alpha value is -1.36. The second-order valence-electron chi connectivity index (χ2n) is 5.76. The molecule has 104 valence electrons. The quantitative estimate of drug-likeness (QED) is 0.862. The van der Waals surface area contributed by atoms with Crippen LogP contribution in [-0.2, 0) is 11.3 Å². The van der Waals surface area contributed by atoms with Crippen LogP contribution in [0.3, 0.4) is 0 Å². The van der Waals surface area contributed by atoms with Gasteiger partial charge in [0, 0.05) is 12.1 Å². The van der Waals surface area contributed by atoms with Gasteiger partial charge >= 0.3 is 0 Å². The molecule has 0 bridgehead atoms. The van der Waals surface area contributed by atoms with Crippen molar-refractivity contribution in [2.24, 2.45) is 11.8 Å². The van der Waals surface area contributed by atoms with E-state index in [1.54, 1.807) is 0 Å². The van der Waals surface area contributed by atoms with E-state index in [2.05, 4.69) is 15.8 Å². The van der Waals surface area contributed by atoms with Gasteiger partial charge in [0.25, 0.3) is 0 Å². The molecule has 2 heterocycles. The summed E-state index contributed by atoms with van der Waals surface area (Å²) in [6.07, 6.45) is 3.72. The molecule has 5 nitrogen and oxygen atoms in total. The Morgan fingerprint density at radius 3 is 3.05 bits per heavy atom. The summed E-state index contributed by atoms with van der Waals surface area (Å²) in [7, 11) is 0. The number of hydrogen-bond donors (Lipinski definition) is 2. The minimum Gasteiger partial charge on any atom is -0.361 e. The maximum Gasteiger partial charge on any atom is 0.237 e. The Morgan fingerprint density at radius 2 is 2.32 bits per heavy atom. The SMILES string of the molecule is Cc1noc(C)c1CNC(=O)C1NCC2CCCC21. The highest BCUT2D eigenvalue weighted by atomic mass is 16.5. The van der Waals surface area contributed by atoms with Gasteiger partial charge < -0.3 is 15.2 Å². The molecule has 3 atom stereocenters. The van der Waals surface area contributed by atoms with Gasteiger partial charge in [-0.05, 0) is 45.1 Å². The van der Waals surface area contributed by atoms with E-state index in [1.807, 2.05) is 13.8 Å². The lowest BCUT2D eigenvalue weighted by atomic mass is 9.93. The van der Waals surface area contributed by atoms with Crippen LogP contribution in [0.2, 0.25) is 0 Å². The van der Waals surface area contributed by atoms with Gasteiger partial charge in [-0.1, -0.05) is 11.6 Å². The number of amides is 1. The minimum atomic E-state index is -0.00651. The molecule has 1 aliphatic heterocycles.